The van der Waals surface area contributed by atoms with Gasteiger partial charge in [-0.2, -0.15) is 0 Å². The Morgan fingerprint density at radius 2 is 1.88 bits per heavy atom. The first-order chi connectivity index (χ1) is 12.9. The molecule has 0 radical (unpaired) electrons. The molecule has 1 aromatic carbocycles. The molecule has 0 N–H and O–H groups in total. The van der Waals surface area contributed by atoms with Gasteiger partial charge < -0.3 is 4.74 Å². The Morgan fingerprint density at radius 3 is 2.65 bits per heavy atom. The molecule has 2 aromatic heterocycles. The van der Waals surface area contributed by atoms with Crippen molar-refractivity contribution < 1.29 is 4.74 Å². The molecular weight excluding hydrogens is 324 g/mol. The van der Waals surface area contributed by atoms with Gasteiger partial charge in [0.25, 0.3) is 0 Å². The molecule has 1 fully saturated rings. The Morgan fingerprint density at radius 1 is 1.00 bits per heavy atom. The van der Waals surface area contributed by atoms with Gasteiger partial charge in [-0.05, 0) is 43.5 Å². The second kappa shape index (κ2) is 7.94. The monoisotopic (exact) mass is 344 g/mol. The fourth-order valence-corrected chi connectivity index (χ4v) is 2.95. The standard InChI is InChI=1S/C21H20N4O/c1-2-6-17(7-3-1)9-10-18-11-12-20(22-14-18)21-16-25(24-23-21)15-19-8-4-5-13-26-19/h1-3,6-7,11-12,14,16,19H,4-5,8,13,15H2/t19-/m1/s1. The predicted molar refractivity (Wildman–Crippen MR) is 99.3 cm³/mol. The Kier molecular flexibility index (Phi) is 5.04. The van der Waals surface area contributed by atoms with Crippen LogP contribution < -0.4 is 0 Å². The van der Waals surface area contributed by atoms with Crippen molar-refractivity contribution >= 4 is 0 Å². The van der Waals surface area contributed by atoms with Gasteiger partial charge in [-0.1, -0.05) is 35.3 Å². The Balaban J connectivity index is 1.43. The van der Waals surface area contributed by atoms with Crippen LogP contribution in [0.15, 0.2) is 54.9 Å². The average Bonchev–Trinajstić information content (AvgIpc) is 3.17. The number of pyridine rings is 1. The molecular formula is C21H20N4O. The van der Waals surface area contributed by atoms with E-state index in [4.69, 9.17) is 4.74 Å². The number of nitrogens with zero attached hydrogens (tertiary/aromatic N) is 4. The van der Waals surface area contributed by atoms with Gasteiger partial charge in [0.15, 0.2) is 0 Å². The van der Waals surface area contributed by atoms with Crippen molar-refractivity contribution in [3.8, 4) is 23.2 Å². The zero-order valence-electron chi connectivity index (χ0n) is 14.5. The lowest BCUT2D eigenvalue weighted by molar-refractivity contribution is 0.00370. The largest absolute Gasteiger partial charge is 0.376 e. The molecule has 130 valence electrons. The first-order valence-electron chi connectivity index (χ1n) is 8.92. The first-order valence-corrected chi connectivity index (χ1v) is 8.92. The molecule has 1 aliphatic rings. The highest BCUT2D eigenvalue weighted by atomic mass is 16.5. The zero-order valence-corrected chi connectivity index (χ0v) is 14.5. The quantitative estimate of drug-likeness (QED) is 0.684. The van der Waals surface area contributed by atoms with E-state index in [1.165, 1.54) is 6.42 Å². The fourth-order valence-electron chi connectivity index (χ4n) is 2.95. The molecule has 0 saturated carbocycles. The number of hydrogen-bond donors (Lipinski definition) is 0. The Bertz CT molecular complexity index is 900. The topological polar surface area (TPSA) is 52.8 Å². The highest BCUT2D eigenvalue weighted by Crippen LogP contribution is 2.17. The molecule has 0 bridgehead atoms. The van der Waals surface area contributed by atoms with Crippen molar-refractivity contribution in [2.75, 3.05) is 6.61 Å². The van der Waals surface area contributed by atoms with E-state index >= 15 is 0 Å². The molecule has 1 saturated heterocycles. The molecule has 0 unspecified atom stereocenters. The molecule has 0 aliphatic carbocycles. The lowest BCUT2D eigenvalue weighted by Crippen LogP contribution is -2.24. The second-order valence-corrected chi connectivity index (χ2v) is 6.36. The number of aromatic nitrogens is 4. The smallest absolute Gasteiger partial charge is 0.131 e. The minimum absolute atomic E-state index is 0.238. The molecule has 0 spiro atoms. The van der Waals surface area contributed by atoms with Crippen LogP contribution in [0.3, 0.4) is 0 Å². The van der Waals surface area contributed by atoms with Crippen LogP contribution in [0.4, 0.5) is 0 Å². The van der Waals surface area contributed by atoms with Gasteiger partial charge in [-0.3, -0.25) is 4.98 Å². The van der Waals surface area contributed by atoms with E-state index in [9.17, 15) is 0 Å². The van der Waals surface area contributed by atoms with Crippen LogP contribution in [0.5, 0.6) is 0 Å². The molecule has 5 heteroatoms. The van der Waals surface area contributed by atoms with Gasteiger partial charge in [-0.25, -0.2) is 4.68 Å². The summed E-state index contributed by atoms with van der Waals surface area (Å²) in [6, 6.07) is 13.8. The second-order valence-electron chi connectivity index (χ2n) is 6.36. The minimum Gasteiger partial charge on any atom is -0.376 e. The normalized spacial score (nSPS) is 16.7. The van der Waals surface area contributed by atoms with E-state index in [-0.39, 0.29) is 6.10 Å². The summed E-state index contributed by atoms with van der Waals surface area (Å²) in [4.78, 5) is 4.47. The first kappa shape index (κ1) is 16.5. The highest BCUT2D eigenvalue weighted by Gasteiger charge is 2.15. The third-order valence-electron chi connectivity index (χ3n) is 4.35. The van der Waals surface area contributed by atoms with Crippen LogP contribution in [0, 0.1) is 11.8 Å². The van der Waals surface area contributed by atoms with E-state index in [0.717, 1.165) is 48.5 Å². The molecule has 0 amide bonds. The molecule has 3 heterocycles. The highest BCUT2D eigenvalue weighted by molar-refractivity contribution is 5.53. The van der Waals surface area contributed by atoms with E-state index in [0.29, 0.717) is 0 Å². The Labute approximate surface area is 153 Å². The summed E-state index contributed by atoms with van der Waals surface area (Å²) in [6.07, 6.45) is 7.40. The number of hydrogen-bond acceptors (Lipinski definition) is 4. The maximum Gasteiger partial charge on any atom is 0.131 e. The van der Waals surface area contributed by atoms with Gasteiger partial charge >= 0.3 is 0 Å². The summed E-state index contributed by atoms with van der Waals surface area (Å²) in [5.74, 6) is 6.26. The van der Waals surface area contributed by atoms with Gasteiger partial charge in [0.1, 0.15) is 5.69 Å². The summed E-state index contributed by atoms with van der Waals surface area (Å²) in [7, 11) is 0. The molecule has 1 aliphatic heterocycles. The fraction of sp³-hybridized carbons (Fsp3) is 0.286. The van der Waals surface area contributed by atoms with Gasteiger partial charge in [-0.15, -0.1) is 5.10 Å². The predicted octanol–water partition coefficient (Wildman–Crippen LogP) is 3.31. The summed E-state index contributed by atoms with van der Waals surface area (Å²) in [6.45, 7) is 1.59. The maximum absolute atomic E-state index is 5.76. The number of ether oxygens (including phenoxy) is 1. The number of rotatable bonds is 3. The minimum atomic E-state index is 0.238. The lowest BCUT2D eigenvalue weighted by atomic mass is 10.1. The third kappa shape index (κ3) is 4.16. The Hall–Kier alpha value is -2.97. The van der Waals surface area contributed by atoms with Gasteiger partial charge in [0.05, 0.1) is 24.5 Å². The van der Waals surface area contributed by atoms with Crippen LogP contribution in [0.2, 0.25) is 0 Å². The molecule has 4 rings (SSSR count). The lowest BCUT2D eigenvalue weighted by Gasteiger charge is -2.21. The van der Waals surface area contributed by atoms with E-state index < -0.39 is 0 Å². The third-order valence-corrected chi connectivity index (χ3v) is 4.35. The molecule has 5 nitrogen and oxygen atoms in total. The summed E-state index contributed by atoms with van der Waals surface area (Å²) in [5.41, 5.74) is 3.43. The maximum atomic E-state index is 5.76. The molecule has 26 heavy (non-hydrogen) atoms. The van der Waals surface area contributed by atoms with Crippen molar-refractivity contribution in [3.63, 3.8) is 0 Å². The van der Waals surface area contributed by atoms with Gasteiger partial charge in [0, 0.05) is 23.9 Å². The van der Waals surface area contributed by atoms with Crippen LogP contribution in [0.1, 0.15) is 30.4 Å². The van der Waals surface area contributed by atoms with E-state index in [1.54, 1.807) is 6.20 Å². The zero-order chi connectivity index (χ0) is 17.6. The van der Waals surface area contributed by atoms with Crippen LogP contribution >= 0.6 is 0 Å². The number of benzene rings is 1. The van der Waals surface area contributed by atoms with Crippen molar-refractivity contribution in [2.24, 2.45) is 0 Å². The molecule has 3 aromatic rings. The summed E-state index contributed by atoms with van der Waals surface area (Å²) >= 11 is 0. The van der Waals surface area contributed by atoms with Crippen molar-refractivity contribution in [1.29, 1.82) is 0 Å². The van der Waals surface area contributed by atoms with Crippen molar-refractivity contribution in [2.45, 2.75) is 31.9 Å². The van der Waals surface area contributed by atoms with Crippen molar-refractivity contribution in [3.05, 3.63) is 66.0 Å². The molecule has 1 atom stereocenters. The van der Waals surface area contributed by atoms with Crippen LogP contribution in [0.25, 0.3) is 11.4 Å². The van der Waals surface area contributed by atoms with E-state index in [2.05, 4.69) is 27.1 Å². The van der Waals surface area contributed by atoms with Crippen LogP contribution in [-0.2, 0) is 11.3 Å². The summed E-state index contributed by atoms with van der Waals surface area (Å²) in [5, 5.41) is 8.44. The van der Waals surface area contributed by atoms with Gasteiger partial charge in [0.2, 0.25) is 0 Å². The van der Waals surface area contributed by atoms with Crippen molar-refractivity contribution in [1.82, 2.24) is 20.0 Å². The van der Waals surface area contributed by atoms with E-state index in [1.807, 2.05) is 53.3 Å². The average molecular weight is 344 g/mol. The van der Waals surface area contributed by atoms with Crippen LogP contribution in [-0.4, -0.2) is 32.7 Å². The summed E-state index contributed by atoms with van der Waals surface area (Å²) < 4.78 is 7.60. The SMILES string of the molecule is C(#Cc1ccc(-c2cn(C[C@H]3CCCCO3)nn2)nc1)c1ccccc1.